The molecule has 2 nitrogen and oxygen atoms in total. The number of hydrogen-bond donors (Lipinski definition) is 0. The molecule has 1 aliphatic rings. The van der Waals surface area contributed by atoms with Gasteiger partial charge in [0, 0.05) is 18.6 Å². The Hall–Kier alpha value is -0.0800. The van der Waals surface area contributed by atoms with Crippen molar-refractivity contribution in [1.29, 1.82) is 0 Å². The average Bonchev–Trinajstić information content (AvgIpc) is 2.04. The summed E-state index contributed by atoms with van der Waals surface area (Å²) in [6, 6.07) is 0. The third-order valence-corrected chi connectivity index (χ3v) is 3.47. The summed E-state index contributed by atoms with van der Waals surface area (Å²) >= 11 is 0. The molecule has 0 saturated carbocycles. The van der Waals surface area contributed by atoms with Gasteiger partial charge in [-0.05, 0) is 26.7 Å². The third-order valence-electron chi connectivity index (χ3n) is 3.47. The van der Waals surface area contributed by atoms with Gasteiger partial charge in [0.2, 0.25) is 0 Å². The third kappa shape index (κ3) is 2.44. The average molecular weight is 185 g/mol. The Morgan fingerprint density at radius 3 is 2.46 bits per heavy atom. The number of rotatable bonds is 2. The molecule has 1 aliphatic heterocycles. The molecule has 1 atom stereocenters. The molecule has 2 heteroatoms. The molecule has 0 spiro atoms. The van der Waals surface area contributed by atoms with Crippen LogP contribution in [0.15, 0.2) is 0 Å². The first kappa shape index (κ1) is 11.0. The summed E-state index contributed by atoms with van der Waals surface area (Å²) in [7, 11) is 0. The van der Waals surface area contributed by atoms with Crippen LogP contribution in [-0.2, 0) is 4.74 Å². The lowest BCUT2D eigenvalue weighted by Crippen LogP contribution is -2.54. The second-order valence-corrected chi connectivity index (χ2v) is 4.94. The molecule has 78 valence electrons. The van der Waals surface area contributed by atoms with Crippen molar-refractivity contribution in [3.8, 4) is 0 Å². The number of morpholine rings is 1. The fraction of sp³-hybridized carbons (Fsp3) is 1.00. The fourth-order valence-electron chi connectivity index (χ4n) is 1.71. The Morgan fingerprint density at radius 2 is 2.00 bits per heavy atom. The SMILES string of the molecule is CC1CN(C(C)(C)C(C)C)CCO1. The van der Waals surface area contributed by atoms with E-state index in [0.717, 1.165) is 19.7 Å². The first-order chi connectivity index (χ1) is 5.94. The van der Waals surface area contributed by atoms with E-state index < -0.39 is 0 Å². The molecule has 0 aromatic heterocycles. The van der Waals surface area contributed by atoms with Crippen LogP contribution >= 0.6 is 0 Å². The highest BCUT2D eigenvalue weighted by atomic mass is 16.5. The monoisotopic (exact) mass is 185 g/mol. The van der Waals surface area contributed by atoms with Crippen LogP contribution in [0.4, 0.5) is 0 Å². The number of hydrogen-bond acceptors (Lipinski definition) is 2. The van der Waals surface area contributed by atoms with Crippen LogP contribution in [0, 0.1) is 5.92 Å². The van der Waals surface area contributed by atoms with E-state index in [9.17, 15) is 0 Å². The molecule has 1 rings (SSSR count). The van der Waals surface area contributed by atoms with Crippen LogP contribution in [-0.4, -0.2) is 36.2 Å². The topological polar surface area (TPSA) is 12.5 Å². The van der Waals surface area contributed by atoms with E-state index in [0.29, 0.717) is 17.6 Å². The maximum absolute atomic E-state index is 5.54. The second-order valence-electron chi connectivity index (χ2n) is 4.94. The van der Waals surface area contributed by atoms with E-state index in [4.69, 9.17) is 4.74 Å². The van der Waals surface area contributed by atoms with Gasteiger partial charge in [-0.2, -0.15) is 0 Å². The number of nitrogens with zero attached hydrogens (tertiary/aromatic N) is 1. The molecule has 0 radical (unpaired) electrons. The molecule has 13 heavy (non-hydrogen) atoms. The zero-order valence-corrected chi connectivity index (χ0v) is 9.63. The Morgan fingerprint density at radius 1 is 1.38 bits per heavy atom. The van der Waals surface area contributed by atoms with Crippen molar-refractivity contribution in [1.82, 2.24) is 4.90 Å². The van der Waals surface area contributed by atoms with E-state index in [1.165, 1.54) is 0 Å². The zero-order valence-electron chi connectivity index (χ0n) is 9.63. The lowest BCUT2D eigenvalue weighted by atomic mass is 9.88. The van der Waals surface area contributed by atoms with E-state index in [1.54, 1.807) is 0 Å². The summed E-state index contributed by atoms with van der Waals surface area (Å²) in [4.78, 5) is 2.55. The molecule has 1 fully saturated rings. The molecule has 0 aromatic carbocycles. The highest BCUT2D eigenvalue weighted by molar-refractivity contribution is 4.87. The van der Waals surface area contributed by atoms with Gasteiger partial charge in [0.25, 0.3) is 0 Å². The maximum Gasteiger partial charge on any atom is 0.0674 e. The van der Waals surface area contributed by atoms with Gasteiger partial charge in [0.05, 0.1) is 12.7 Å². The van der Waals surface area contributed by atoms with Gasteiger partial charge in [0.15, 0.2) is 0 Å². The smallest absolute Gasteiger partial charge is 0.0674 e. The lowest BCUT2D eigenvalue weighted by molar-refractivity contribution is -0.0651. The zero-order chi connectivity index (χ0) is 10.1. The lowest BCUT2D eigenvalue weighted by Gasteiger charge is -2.45. The van der Waals surface area contributed by atoms with Gasteiger partial charge in [-0.1, -0.05) is 13.8 Å². The standard InChI is InChI=1S/C11H23NO/c1-9(2)11(4,5)12-6-7-13-10(3)8-12/h9-10H,6-8H2,1-5H3. The van der Waals surface area contributed by atoms with Crippen LogP contribution in [0.2, 0.25) is 0 Å². The molecule has 0 amide bonds. The minimum Gasteiger partial charge on any atom is -0.376 e. The second kappa shape index (κ2) is 3.97. The summed E-state index contributed by atoms with van der Waals surface area (Å²) in [5.41, 5.74) is 0.304. The van der Waals surface area contributed by atoms with Gasteiger partial charge in [0.1, 0.15) is 0 Å². The molecule has 1 saturated heterocycles. The van der Waals surface area contributed by atoms with Gasteiger partial charge in [-0.3, -0.25) is 4.90 Å². The van der Waals surface area contributed by atoms with Crippen molar-refractivity contribution in [3.05, 3.63) is 0 Å². The predicted octanol–water partition coefficient (Wildman–Crippen LogP) is 2.14. The fourth-order valence-corrected chi connectivity index (χ4v) is 1.71. The Labute approximate surface area is 82.3 Å². The Bertz CT molecular complexity index is 165. The summed E-state index contributed by atoms with van der Waals surface area (Å²) in [6.07, 6.45) is 0.395. The highest BCUT2D eigenvalue weighted by Crippen LogP contribution is 2.25. The minimum absolute atomic E-state index is 0.304. The molecule has 1 heterocycles. The van der Waals surface area contributed by atoms with Crippen molar-refractivity contribution >= 4 is 0 Å². The van der Waals surface area contributed by atoms with Crippen molar-refractivity contribution in [2.24, 2.45) is 5.92 Å². The molecule has 1 unspecified atom stereocenters. The molecular formula is C11H23NO. The first-order valence-corrected chi connectivity index (χ1v) is 5.31. The summed E-state index contributed by atoms with van der Waals surface area (Å²) in [5.74, 6) is 0.692. The van der Waals surface area contributed by atoms with E-state index in [2.05, 4.69) is 39.5 Å². The normalized spacial score (nSPS) is 26.8. The quantitative estimate of drug-likeness (QED) is 0.653. The highest BCUT2D eigenvalue weighted by Gasteiger charge is 2.32. The van der Waals surface area contributed by atoms with Gasteiger partial charge in [-0.15, -0.1) is 0 Å². The molecule has 0 bridgehead atoms. The maximum atomic E-state index is 5.54. The summed E-state index contributed by atoms with van der Waals surface area (Å²) < 4.78 is 5.54. The Balaban J connectivity index is 2.59. The molecular weight excluding hydrogens is 162 g/mol. The van der Waals surface area contributed by atoms with Crippen LogP contribution < -0.4 is 0 Å². The van der Waals surface area contributed by atoms with Crippen molar-refractivity contribution in [2.45, 2.75) is 46.3 Å². The Kier molecular flexibility index (Phi) is 3.36. The van der Waals surface area contributed by atoms with Gasteiger partial charge >= 0.3 is 0 Å². The summed E-state index contributed by atoms with van der Waals surface area (Å²) in [6.45, 7) is 14.4. The van der Waals surface area contributed by atoms with E-state index >= 15 is 0 Å². The molecule has 0 aromatic rings. The first-order valence-electron chi connectivity index (χ1n) is 5.31. The van der Waals surface area contributed by atoms with Crippen molar-refractivity contribution in [3.63, 3.8) is 0 Å². The van der Waals surface area contributed by atoms with Gasteiger partial charge in [-0.25, -0.2) is 0 Å². The van der Waals surface area contributed by atoms with Crippen LogP contribution in [0.5, 0.6) is 0 Å². The van der Waals surface area contributed by atoms with Crippen molar-refractivity contribution < 1.29 is 4.74 Å². The number of ether oxygens (including phenoxy) is 1. The largest absolute Gasteiger partial charge is 0.376 e. The van der Waals surface area contributed by atoms with Gasteiger partial charge < -0.3 is 4.74 Å². The molecule has 0 aliphatic carbocycles. The van der Waals surface area contributed by atoms with Crippen LogP contribution in [0.25, 0.3) is 0 Å². The van der Waals surface area contributed by atoms with Crippen LogP contribution in [0.3, 0.4) is 0 Å². The van der Waals surface area contributed by atoms with E-state index in [-0.39, 0.29) is 0 Å². The summed E-state index contributed by atoms with van der Waals surface area (Å²) in [5, 5.41) is 0. The van der Waals surface area contributed by atoms with Crippen molar-refractivity contribution in [2.75, 3.05) is 19.7 Å². The predicted molar refractivity (Wildman–Crippen MR) is 55.9 cm³/mol. The van der Waals surface area contributed by atoms with Crippen LogP contribution in [0.1, 0.15) is 34.6 Å². The minimum atomic E-state index is 0.304. The van der Waals surface area contributed by atoms with E-state index in [1.807, 2.05) is 0 Å². The molecule has 0 N–H and O–H groups in total.